The van der Waals surface area contributed by atoms with Gasteiger partial charge in [0, 0.05) is 67.4 Å². The molecule has 0 saturated heterocycles. The summed E-state index contributed by atoms with van der Waals surface area (Å²) in [6.07, 6.45) is 0. The van der Waals surface area contributed by atoms with Gasteiger partial charge in [0.15, 0.2) is 0 Å². The van der Waals surface area contributed by atoms with E-state index in [0.717, 1.165) is 118 Å². The fourth-order valence-corrected chi connectivity index (χ4v) is 16.6. The van der Waals surface area contributed by atoms with Crippen molar-refractivity contribution in [1.29, 1.82) is 0 Å². The highest BCUT2D eigenvalue weighted by atomic mass is 15.2. The van der Waals surface area contributed by atoms with Crippen LogP contribution in [0.3, 0.4) is 0 Å². The van der Waals surface area contributed by atoms with E-state index in [1.54, 1.807) is 0 Å². The molecule has 0 unspecified atom stereocenters. The number of benzene rings is 15. The normalized spacial score (nSPS) is 12.7. The van der Waals surface area contributed by atoms with Crippen LogP contribution >= 0.6 is 0 Å². The average Bonchev–Trinajstić information content (AvgIpc) is 1.15. The Hall–Kier alpha value is -12.4. The van der Waals surface area contributed by atoms with E-state index in [2.05, 4.69) is 433 Å². The minimum atomic E-state index is -0.243. The maximum atomic E-state index is 2.72. The number of nitrogens with zero attached hydrogens (tertiary/aromatic N) is 4. The highest BCUT2D eigenvalue weighted by Gasteiger charge is 2.46. The van der Waals surface area contributed by atoms with Crippen LogP contribution in [0.4, 0.5) is 51.2 Å². The molecule has 3 heterocycles. The highest BCUT2D eigenvalue weighted by Crippen LogP contribution is 2.55. The van der Waals surface area contributed by atoms with Gasteiger partial charge in [-0.15, -0.1) is 0 Å². The minimum absolute atomic E-state index is 0.110. The molecule has 5 heteroatoms. The molecule has 15 aromatic carbocycles. The lowest BCUT2D eigenvalue weighted by Gasteiger charge is -2.46. The molecule has 18 rings (SSSR count). The zero-order valence-electron chi connectivity index (χ0n) is 62.4. The van der Waals surface area contributed by atoms with E-state index >= 15 is 0 Å². The lowest BCUT2D eigenvalue weighted by Crippen LogP contribution is -2.61. The number of aromatic nitrogens is 1. The molecule has 0 aliphatic carbocycles. The van der Waals surface area contributed by atoms with E-state index in [9.17, 15) is 0 Å². The number of fused-ring (bicyclic) bond motifs is 7. The lowest BCUT2D eigenvalue weighted by atomic mass is 9.33. The molecule has 2 aliphatic heterocycles. The molecular weight excluding hydrogens is 1290 g/mol. The minimum Gasteiger partial charge on any atom is -0.311 e. The van der Waals surface area contributed by atoms with Crippen molar-refractivity contribution in [2.24, 2.45) is 0 Å². The smallest absolute Gasteiger partial charge is 0.252 e. The van der Waals surface area contributed by atoms with Gasteiger partial charge < -0.3 is 19.3 Å². The summed E-state index contributed by atoms with van der Waals surface area (Å²) in [6.45, 7) is 20.9. The van der Waals surface area contributed by atoms with Crippen molar-refractivity contribution >= 4 is 96.1 Å². The first-order chi connectivity index (χ1) is 52.0. The summed E-state index contributed by atoms with van der Waals surface area (Å²) in [4.78, 5) is 7.86. The predicted octanol–water partition coefficient (Wildman–Crippen LogP) is 26.2. The molecule has 0 spiro atoms. The second-order valence-electron chi connectivity index (χ2n) is 32.2. The molecule has 4 nitrogen and oxygen atoms in total. The molecule has 0 fully saturated rings. The Morgan fingerprint density at radius 2 is 0.626 bits per heavy atom. The van der Waals surface area contributed by atoms with Gasteiger partial charge in [-0.05, 0) is 208 Å². The number of hydrogen-bond donors (Lipinski definition) is 0. The van der Waals surface area contributed by atoms with Crippen LogP contribution in [0.1, 0.15) is 79.0 Å². The van der Waals surface area contributed by atoms with Crippen molar-refractivity contribution in [2.45, 2.75) is 78.6 Å². The summed E-state index contributed by atoms with van der Waals surface area (Å²) in [5.74, 6) is 0. The monoisotopic (exact) mass is 1380 g/mol. The van der Waals surface area contributed by atoms with Gasteiger partial charge in [0.25, 0.3) is 6.71 Å². The molecule has 0 bridgehead atoms. The molecule has 107 heavy (non-hydrogen) atoms. The van der Waals surface area contributed by atoms with Gasteiger partial charge >= 0.3 is 0 Å². The Morgan fingerprint density at radius 1 is 0.252 bits per heavy atom. The van der Waals surface area contributed by atoms with Crippen LogP contribution in [-0.4, -0.2) is 11.3 Å². The van der Waals surface area contributed by atoms with Crippen LogP contribution in [0.25, 0.3) is 94.3 Å². The maximum Gasteiger partial charge on any atom is 0.252 e. The van der Waals surface area contributed by atoms with Crippen molar-refractivity contribution in [3.63, 3.8) is 0 Å². The molecule has 2 aliphatic rings. The maximum absolute atomic E-state index is 2.72. The zero-order chi connectivity index (χ0) is 72.9. The summed E-state index contributed by atoms with van der Waals surface area (Å²) < 4.78 is 2.42. The third-order valence-corrected chi connectivity index (χ3v) is 22.1. The molecule has 516 valence electrons. The standard InChI is InChI=1S/C102H85BN4/c1-100(2,3)78-57-77(58-79(63-78)101(4,5)6)74-49-55-91-95(62-74)107(99-88(71-38-22-13-23-39-71)64-80(102(7,8)9)65-89(99)72-40-24-14-25-41-72)97-67-85(104(81-42-26-15-27-43-81)82-50-52-83(53-51-82)105-92-46-30-28-44-86(92)87-45-29-31-47-93(87)105)66-96-98(97)103(91)90-54-48-73(68-32-16-10-17-33-68)61-94(90)106(96)84-59-75(69-34-18-11-19-35-69)56-76(60-84)70-36-20-12-21-37-70/h10-67H,1-9H3. The summed E-state index contributed by atoms with van der Waals surface area (Å²) in [5.41, 5.74) is 34.1. The van der Waals surface area contributed by atoms with E-state index in [0.29, 0.717) is 0 Å². The largest absolute Gasteiger partial charge is 0.311 e. The van der Waals surface area contributed by atoms with E-state index in [4.69, 9.17) is 0 Å². The summed E-state index contributed by atoms with van der Waals surface area (Å²) in [7, 11) is 0. The fraction of sp³-hybridized carbons (Fsp3) is 0.118. The summed E-state index contributed by atoms with van der Waals surface area (Å²) in [6, 6.07) is 133. The van der Waals surface area contributed by atoms with Crippen LogP contribution in [0.5, 0.6) is 0 Å². The number of anilines is 9. The van der Waals surface area contributed by atoms with Crippen molar-refractivity contribution in [1.82, 2.24) is 4.57 Å². The van der Waals surface area contributed by atoms with E-state index in [1.807, 2.05) is 0 Å². The van der Waals surface area contributed by atoms with Gasteiger partial charge in [0.05, 0.1) is 22.4 Å². The molecule has 0 radical (unpaired) electrons. The second-order valence-corrected chi connectivity index (χ2v) is 32.2. The molecule has 0 amide bonds. The molecule has 0 atom stereocenters. The first-order valence-corrected chi connectivity index (χ1v) is 37.7. The zero-order valence-corrected chi connectivity index (χ0v) is 62.4. The molecule has 0 saturated carbocycles. The van der Waals surface area contributed by atoms with Crippen molar-refractivity contribution in [3.05, 3.63) is 369 Å². The number of hydrogen-bond acceptors (Lipinski definition) is 3. The summed E-state index contributed by atoms with van der Waals surface area (Å²) >= 11 is 0. The summed E-state index contributed by atoms with van der Waals surface area (Å²) in [5, 5.41) is 2.47. The van der Waals surface area contributed by atoms with E-state index in [1.165, 1.54) is 60.4 Å². The number of rotatable bonds is 12. The van der Waals surface area contributed by atoms with Gasteiger partial charge in [0.2, 0.25) is 0 Å². The first-order valence-electron chi connectivity index (χ1n) is 37.7. The topological polar surface area (TPSA) is 14.7 Å². The quantitative estimate of drug-likeness (QED) is 0.113. The van der Waals surface area contributed by atoms with Gasteiger partial charge in [-0.1, -0.05) is 311 Å². The first kappa shape index (κ1) is 66.5. The van der Waals surface area contributed by atoms with Crippen LogP contribution in [0.2, 0.25) is 0 Å². The van der Waals surface area contributed by atoms with Gasteiger partial charge in [-0.3, -0.25) is 0 Å². The third kappa shape index (κ3) is 12.0. The Bertz CT molecular complexity index is 5840. The fourth-order valence-electron chi connectivity index (χ4n) is 16.6. The average molecular weight is 1380 g/mol. The van der Waals surface area contributed by atoms with Crippen LogP contribution in [0.15, 0.2) is 352 Å². The van der Waals surface area contributed by atoms with Crippen LogP contribution in [0, 0.1) is 0 Å². The van der Waals surface area contributed by atoms with Gasteiger partial charge in [-0.25, -0.2) is 0 Å². The van der Waals surface area contributed by atoms with Crippen molar-refractivity contribution < 1.29 is 0 Å². The predicted molar refractivity (Wildman–Crippen MR) is 458 cm³/mol. The van der Waals surface area contributed by atoms with E-state index < -0.39 is 0 Å². The molecule has 16 aromatic rings. The highest BCUT2D eigenvalue weighted by molar-refractivity contribution is 7.00. The molecule has 1 aromatic heterocycles. The Kier molecular flexibility index (Phi) is 16.4. The van der Waals surface area contributed by atoms with Gasteiger partial charge in [0.1, 0.15) is 0 Å². The third-order valence-electron chi connectivity index (χ3n) is 22.1. The molecular formula is C102H85BN4. The Labute approximate surface area is 630 Å². The second kappa shape index (κ2) is 26.3. The van der Waals surface area contributed by atoms with E-state index in [-0.39, 0.29) is 23.0 Å². The Balaban J connectivity index is 1.01. The number of para-hydroxylation sites is 3. The molecule has 0 N–H and O–H groups in total. The lowest BCUT2D eigenvalue weighted by molar-refractivity contribution is 0.569. The van der Waals surface area contributed by atoms with Crippen LogP contribution in [-0.2, 0) is 16.2 Å². The SMILES string of the molecule is CC(C)(C)c1cc(-c2ccc3c(c2)N(c2c(-c4ccccc4)cc(C(C)(C)C)cc2-c2ccccc2)c2cc(N(c4ccccc4)c4ccc(-n5c6ccccc6c6ccccc65)cc4)cc4c2B3c2ccc(-c3ccccc3)cc2N4c2cc(-c3ccccc3)cc(-c3ccccc3)c2)cc(C(C)(C)C)c1. The van der Waals surface area contributed by atoms with Gasteiger partial charge in [-0.2, -0.15) is 0 Å². The van der Waals surface area contributed by atoms with Crippen molar-refractivity contribution in [3.8, 4) is 72.4 Å². The van der Waals surface area contributed by atoms with Crippen molar-refractivity contribution in [2.75, 3.05) is 14.7 Å². The van der Waals surface area contributed by atoms with Crippen LogP contribution < -0.4 is 31.1 Å². The Morgan fingerprint density at radius 3 is 1.09 bits per heavy atom.